The number of allylic oxidation sites excluding steroid dienone is 2. The third kappa shape index (κ3) is 1.95. The van der Waals surface area contributed by atoms with Crippen LogP contribution in [0.3, 0.4) is 0 Å². The number of nitrogens with one attached hydrogen (secondary N) is 1. The zero-order valence-corrected chi connectivity index (χ0v) is 13.7. The maximum Gasteiger partial charge on any atom is 0.0646 e. The van der Waals surface area contributed by atoms with Gasteiger partial charge in [-0.25, -0.2) is 0 Å². The van der Waals surface area contributed by atoms with Crippen molar-refractivity contribution in [2.75, 3.05) is 5.32 Å². The molecule has 2 aliphatic rings. The fraction of sp³-hybridized carbons (Fsp3) is 0.294. The van der Waals surface area contributed by atoms with Crippen molar-refractivity contribution in [3.05, 3.63) is 62.3 Å². The van der Waals surface area contributed by atoms with E-state index in [4.69, 9.17) is 0 Å². The van der Waals surface area contributed by atoms with Gasteiger partial charge in [-0.05, 0) is 55.2 Å². The zero-order valence-electron chi connectivity index (χ0n) is 11.3. The molecule has 1 nitrogen and oxygen atoms in total. The molecule has 0 saturated heterocycles. The number of benzene rings is 1. The molecular formula is C17H16BrNS. The number of hydrogen-bond donors (Lipinski definition) is 1. The molecule has 3 atom stereocenters. The molecule has 0 saturated carbocycles. The molecule has 20 heavy (non-hydrogen) atoms. The smallest absolute Gasteiger partial charge is 0.0646 e. The molecule has 1 N–H and O–H groups in total. The summed E-state index contributed by atoms with van der Waals surface area (Å²) in [5.74, 6) is 1.20. The predicted molar refractivity (Wildman–Crippen MR) is 89.5 cm³/mol. The van der Waals surface area contributed by atoms with Crippen LogP contribution in [0.4, 0.5) is 5.69 Å². The van der Waals surface area contributed by atoms with E-state index in [-0.39, 0.29) is 0 Å². The largest absolute Gasteiger partial charge is 0.377 e. The number of halogens is 1. The summed E-state index contributed by atoms with van der Waals surface area (Å²) in [5.41, 5.74) is 2.72. The fourth-order valence-corrected chi connectivity index (χ4v) is 4.85. The van der Waals surface area contributed by atoms with Gasteiger partial charge in [-0.2, -0.15) is 0 Å². The third-order valence-corrected chi connectivity index (χ3v) is 5.97. The summed E-state index contributed by atoms with van der Waals surface area (Å²) < 4.78 is 1.17. The monoisotopic (exact) mass is 345 g/mol. The molecule has 2 aromatic rings. The molecule has 0 radical (unpaired) electrons. The first-order chi connectivity index (χ1) is 9.72. The molecule has 0 spiro atoms. The van der Waals surface area contributed by atoms with Crippen molar-refractivity contribution in [3.63, 3.8) is 0 Å². The minimum absolute atomic E-state index is 0.447. The van der Waals surface area contributed by atoms with Crippen molar-refractivity contribution in [3.8, 4) is 0 Å². The van der Waals surface area contributed by atoms with Crippen molar-refractivity contribution in [1.29, 1.82) is 0 Å². The number of anilines is 1. The molecule has 0 fully saturated rings. The fourth-order valence-electron chi connectivity index (χ4n) is 3.47. The molecule has 1 aliphatic carbocycles. The zero-order chi connectivity index (χ0) is 13.7. The summed E-state index contributed by atoms with van der Waals surface area (Å²) in [6.07, 6.45) is 5.91. The second kappa shape index (κ2) is 4.74. The van der Waals surface area contributed by atoms with Gasteiger partial charge in [-0.3, -0.25) is 0 Å². The number of aryl methyl sites for hydroxylation is 1. The lowest BCUT2D eigenvalue weighted by Gasteiger charge is -2.36. The molecule has 1 aliphatic heterocycles. The number of thiophene rings is 1. The van der Waals surface area contributed by atoms with Gasteiger partial charge < -0.3 is 5.32 Å². The molecule has 102 valence electrons. The summed E-state index contributed by atoms with van der Waals surface area (Å²) in [5, 5.41) is 3.77. The Morgan fingerprint density at radius 1 is 1.25 bits per heavy atom. The normalized spacial score (nSPS) is 27.0. The van der Waals surface area contributed by atoms with E-state index in [1.54, 1.807) is 0 Å². The standard InChI is InChI=1S/C17H16BrNS/c1-10-5-8-16(20-10)17-13-4-2-3-12(13)14-9-11(18)6-7-15(14)19-17/h2-3,5-9,12-13,17,19H,4H2,1H3. The Balaban J connectivity index is 1.80. The maximum absolute atomic E-state index is 3.77. The van der Waals surface area contributed by atoms with Gasteiger partial charge in [0.15, 0.2) is 0 Å². The minimum Gasteiger partial charge on any atom is -0.377 e. The first-order valence-electron chi connectivity index (χ1n) is 7.01. The molecule has 4 rings (SSSR count). The lowest BCUT2D eigenvalue weighted by Crippen LogP contribution is -2.28. The summed E-state index contributed by atoms with van der Waals surface area (Å²) in [6, 6.07) is 11.6. The highest BCUT2D eigenvalue weighted by Gasteiger charge is 2.38. The second-order valence-electron chi connectivity index (χ2n) is 5.66. The van der Waals surface area contributed by atoms with Gasteiger partial charge in [0.1, 0.15) is 0 Å². The summed E-state index contributed by atoms with van der Waals surface area (Å²) in [4.78, 5) is 2.86. The molecular weight excluding hydrogens is 330 g/mol. The number of hydrogen-bond acceptors (Lipinski definition) is 2. The highest BCUT2D eigenvalue weighted by atomic mass is 79.9. The van der Waals surface area contributed by atoms with E-state index in [0.29, 0.717) is 17.9 Å². The SMILES string of the molecule is Cc1ccc(C2Nc3ccc(Br)cc3C3C=CCC32)s1. The van der Waals surface area contributed by atoms with Gasteiger partial charge >= 0.3 is 0 Å². The van der Waals surface area contributed by atoms with Crippen molar-refractivity contribution in [2.45, 2.75) is 25.3 Å². The predicted octanol–water partition coefficient (Wildman–Crippen LogP) is 5.65. The Kier molecular flexibility index (Phi) is 3.00. The second-order valence-corrected chi connectivity index (χ2v) is 7.89. The summed E-state index contributed by atoms with van der Waals surface area (Å²) in [7, 11) is 0. The van der Waals surface area contributed by atoms with E-state index < -0.39 is 0 Å². The molecule has 3 unspecified atom stereocenters. The Morgan fingerprint density at radius 3 is 2.95 bits per heavy atom. The highest BCUT2D eigenvalue weighted by Crippen LogP contribution is 2.51. The average molecular weight is 346 g/mol. The van der Waals surface area contributed by atoms with Crippen LogP contribution < -0.4 is 5.32 Å². The molecule has 0 amide bonds. The van der Waals surface area contributed by atoms with Crippen molar-refractivity contribution >= 4 is 33.0 Å². The van der Waals surface area contributed by atoms with Crippen LogP contribution in [0.15, 0.2) is 47.0 Å². The van der Waals surface area contributed by atoms with Crippen LogP contribution in [0, 0.1) is 12.8 Å². The average Bonchev–Trinajstić information content (AvgIpc) is 3.07. The number of rotatable bonds is 1. The van der Waals surface area contributed by atoms with Gasteiger partial charge in [-0.15, -0.1) is 11.3 Å². The first-order valence-corrected chi connectivity index (χ1v) is 8.62. The lowest BCUT2D eigenvalue weighted by atomic mass is 9.79. The van der Waals surface area contributed by atoms with E-state index in [0.717, 1.165) is 0 Å². The van der Waals surface area contributed by atoms with Crippen LogP contribution in [0.25, 0.3) is 0 Å². The van der Waals surface area contributed by atoms with Crippen molar-refractivity contribution in [1.82, 2.24) is 0 Å². The third-order valence-electron chi connectivity index (χ3n) is 4.39. The molecule has 2 heterocycles. The van der Waals surface area contributed by atoms with Gasteiger partial charge in [0.05, 0.1) is 6.04 Å². The van der Waals surface area contributed by atoms with E-state index >= 15 is 0 Å². The van der Waals surface area contributed by atoms with E-state index in [1.807, 2.05) is 11.3 Å². The Labute approximate surface area is 131 Å². The highest BCUT2D eigenvalue weighted by molar-refractivity contribution is 9.10. The Hall–Kier alpha value is -1.06. The first kappa shape index (κ1) is 12.7. The topological polar surface area (TPSA) is 12.0 Å². The van der Waals surface area contributed by atoms with Gasteiger partial charge in [0.25, 0.3) is 0 Å². The van der Waals surface area contributed by atoms with E-state index in [1.165, 1.54) is 31.9 Å². The maximum atomic E-state index is 3.77. The lowest BCUT2D eigenvalue weighted by molar-refractivity contribution is 0.430. The van der Waals surface area contributed by atoms with Gasteiger partial charge in [0.2, 0.25) is 0 Å². The molecule has 1 aromatic carbocycles. The van der Waals surface area contributed by atoms with Crippen LogP contribution in [0.2, 0.25) is 0 Å². The van der Waals surface area contributed by atoms with Crippen molar-refractivity contribution < 1.29 is 0 Å². The molecule has 0 bridgehead atoms. The van der Waals surface area contributed by atoms with E-state index in [2.05, 4.69) is 70.7 Å². The van der Waals surface area contributed by atoms with E-state index in [9.17, 15) is 0 Å². The van der Waals surface area contributed by atoms with Crippen molar-refractivity contribution in [2.24, 2.45) is 5.92 Å². The van der Waals surface area contributed by atoms with Crippen LogP contribution in [0.1, 0.15) is 33.7 Å². The van der Waals surface area contributed by atoms with Crippen LogP contribution in [-0.4, -0.2) is 0 Å². The quantitative estimate of drug-likeness (QED) is 0.659. The number of fused-ring (bicyclic) bond motifs is 3. The summed E-state index contributed by atoms with van der Waals surface area (Å²) >= 11 is 5.52. The van der Waals surface area contributed by atoms with Crippen LogP contribution >= 0.6 is 27.3 Å². The van der Waals surface area contributed by atoms with Gasteiger partial charge in [0, 0.05) is 25.8 Å². The van der Waals surface area contributed by atoms with Crippen LogP contribution in [0.5, 0.6) is 0 Å². The molecule has 3 heteroatoms. The Morgan fingerprint density at radius 2 is 2.15 bits per heavy atom. The summed E-state index contributed by atoms with van der Waals surface area (Å²) in [6.45, 7) is 2.19. The van der Waals surface area contributed by atoms with Gasteiger partial charge in [-0.1, -0.05) is 28.1 Å². The minimum atomic E-state index is 0.447. The molecule has 1 aromatic heterocycles. The Bertz CT molecular complexity index is 688. The van der Waals surface area contributed by atoms with Crippen LogP contribution in [-0.2, 0) is 0 Å².